The first-order valence-electron chi connectivity index (χ1n) is 6.17. The van der Waals surface area contributed by atoms with Crippen LogP contribution in [0, 0.1) is 0 Å². The first kappa shape index (κ1) is 14.5. The van der Waals surface area contributed by atoms with Gasteiger partial charge >= 0.3 is 0 Å². The van der Waals surface area contributed by atoms with Crippen LogP contribution in [0.5, 0.6) is 0 Å². The Morgan fingerprint density at radius 1 is 1.50 bits per heavy atom. The maximum Gasteiger partial charge on any atom is 0.161 e. The summed E-state index contributed by atoms with van der Waals surface area (Å²) in [5, 5.41) is 0. The van der Waals surface area contributed by atoms with Crippen LogP contribution in [0.15, 0.2) is 18.2 Å². The number of ketones is 1. The Morgan fingerprint density at radius 2 is 2.17 bits per heavy atom. The van der Waals surface area contributed by atoms with Gasteiger partial charge < -0.3 is 15.4 Å². The zero-order valence-electron chi connectivity index (χ0n) is 11.6. The van der Waals surface area contributed by atoms with Gasteiger partial charge in [-0.05, 0) is 39.0 Å². The van der Waals surface area contributed by atoms with Crippen molar-refractivity contribution in [1.29, 1.82) is 0 Å². The molecule has 18 heavy (non-hydrogen) atoms. The molecule has 1 unspecified atom stereocenters. The zero-order valence-corrected chi connectivity index (χ0v) is 11.6. The summed E-state index contributed by atoms with van der Waals surface area (Å²) >= 11 is 0. The average Bonchev–Trinajstić information content (AvgIpc) is 2.29. The number of anilines is 2. The Balaban J connectivity index is 3.01. The number of hydrogen-bond donors (Lipinski definition) is 1. The Morgan fingerprint density at radius 3 is 2.61 bits per heavy atom. The van der Waals surface area contributed by atoms with Gasteiger partial charge in [0.25, 0.3) is 0 Å². The summed E-state index contributed by atoms with van der Waals surface area (Å²) in [5.41, 5.74) is 8.04. The van der Waals surface area contributed by atoms with Gasteiger partial charge in [0.15, 0.2) is 5.78 Å². The largest absolute Gasteiger partial charge is 0.398 e. The summed E-state index contributed by atoms with van der Waals surface area (Å²) in [5.74, 6) is -0.00737. The Bertz CT molecular complexity index is 418. The van der Waals surface area contributed by atoms with E-state index in [0.29, 0.717) is 17.9 Å². The van der Waals surface area contributed by atoms with Crippen molar-refractivity contribution < 1.29 is 9.53 Å². The number of Topliss-reactive ketones (excluding diaryl/α,β-unsaturated/α-hetero) is 1. The second-order valence-corrected chi connectivity index (χ2v) is 4.42. The van der Waals surface area contributed by atoms with E-state index in [1.165, 1.54) is 6.92 Å². The molecule has 4 heteroatoms. The van der Waals surface area contributed by atoms with Gasteiger partial charge in [-0.2, -0.15) is 0 Å². The molecule has 100 valence electrons. The summed E-state index contributed by atoms with van der Waals surface area (Å²) in [6.07, 6.45) is 0. The van der Waals surface area contributed by atoms with Crippen LogP contribution >= 0.6 is 0 Å². The second-order valence-electron chi connectivity index (χ2n) is 4.42. The topological polar surface area (TPSA) is 55.6 Å². The number of nitrogens with two attached hydrogens (primary N) is 1. The minimum atomic E-state index is -0.00737. The fourth-order valence-corrected chi connectivity index (χ4v) is 2.13. The molecule has 1 rings (SSSR count). The van der Waals surface area contributed by atoms with Gasteiger partial charge in [0.05, 0.1) is 6.61 Å². The minimum Gasteiger partial charge on any atom is -0.398 e. The number of carbonyl (C=O) groups excluding carboxylic acids is 1. The van der Waals surface area contributed by atoms with E-state index in [9.17, 15) is 4.79 Å². The van der Waals surface area contributed by atoms with Gasteiger partial charge in [-0.25, -0.2) is 0 Å². The first-order chi connectivity index (χ1) is 8.51. The lowest BCUT2D eigenvalue weighted by molar-refractivity contribution is 0.101. The molecule has 2 N–H and O–H groups in total. The highest BCUT2D eigenvalue weighted by atomic mass is 16.5. The van der Waals surface area contributed by atoms with Crippen LogP contribution in [0.25, 0.3) is 0 Å². The molecule has 0 aliphatic carbocycles. The van der Waals surface area contributed by atoms with Crippen LogP contribution < -0.4 is 10.6 Å². The molecule has 1 aromatic carbocycles. The smallest absolute Gasteiger partial charge is 0.161 e. The number of benzene rings is 1. The Labute approximate surface area is 109 Å². The number of rotatable bonds is 6. The molecule has 0 saturated heterocycles. The van der Waals surface area contributed by atoms with E-state index in [0.717, 1.165) is 12.2 Å². The molecule has 0 radical (unpaired) electrons. The number of methoxy groups -OCH3 is 1. The van der Waals surface area contributed by atoms with E-state index in [2.05, 4.69) is 18.7 Å². The molecule has 0 heterocycles. The maximum atomic E-state index is 11.3. The second kappa shape index (κ2) is 6.40. The van der Waals surface area contributed by atoms with E-state index < -0.39 is 0 Å². The molecule has 0 aliphatic heterocycles. The molecule has 0 amide bonds. The quantitative estimate of drug-likeness (QED) is 0.622. The Hall–Kier alpha value is -1.55. The molecule has 0 aliphatic rings. The van der Waals surface area contributed by atoms with Crippen molar-refractivity contribution in [2.45, 2.75) is 26.8 Å². The molecule has 1 atom stereocenters. The molecule has 1 aromatic rings. The van der Waals surface area contributed by atoms with Crippen molar-refractivity contribution in [1.82, 2.24) is 0 Å². The molecule has 0 aromatic heterocycles. The SMILES string of the molecule is CCN(c1ccc(C(C)=O)c(N)c1)C(C)COC. The normalized spacial score (nSPS) is 12.2. The van der Waals surface area contributed by atoms with Gasteiger partial charge in [0.1, 0.15) is 0 Å². The highest BCUT2D eigenvalue weighted by Gasteiger charge is 2.14. The highest BCUT2D eigenvalue weighted by Crippen LogP contribution is 2.23. The van der Waals surface area contributed by atoms with Crippen molar-refractivity contribution in [3.63, 3.8) is 0 Å². The third-order valence-corrected chi connectivity index (χ3v) is 3.03. The highest BCUT2D eigenvalue weighted by molar-refractivity contribution is 5.99. The lowest BCUT2D eigenvalue weighted by atomic mass is 10.1. The number of carbonyl (C=O) groups is 1. The van der Waals surface area contributed by atoms with Crippen LogP contribution in [0.2, 0.25) is 0 Å². The lowest BCUT2D eigenvalue weighted by Crippen LogP contribution is -2.36. The molecule has 0 saturated carbocycles. The monoisotopic (exact) mass is 250 g/mol. The van der Waals surface area contributed by atoms with Crippen molar-refractivity contribution in [2.75, 3.05) is 30.9 Å². The van der Waals surface area contributed by atoms with E-state index in [4.69, 9.17) is 10.5 Å². The van der Waals surface area contributed by atoms with Crippen LogP contribution in [0.4, 0.5) is 11.4 Å². The zero-order chi connectivity index (χ0) is 13.7. The van der Waals surface area contributed by atoms with Crippen molar-refractivity contribution in [2.24, 2.45) is 0 Å². The van der Waals surface area contributed by atoms with Gasteiger partial charge in [-0.1, -0.05) is 0 Å². The molecule has 0 spiro atoms. The molecular weight excluding hydrogens is 228 g/mol. The van der Waals surface area contributed by atoms with Crippen LogP contribution in [-0.4, -0.2) is 32.1 Å². The van der Waals surface area contributed by atoms with Gasteiger partial charge in [0, 0.05) is 36.6 Å². The van der Waals surface area contributed by atoms with Gasteiger partial charge in [-0.15, -0.1) is 0 Å². The number of ether oxygens (including phenoxy) is 1. The van der Waals surface area contributed by atoms with E-state index in [1.54, 1.807) is 13.2 Å². The number of nitrogen functional groups attached to an aromatic ring is 1. The van der Waals surface area contributed by atoms with Gasteiger partial charge in [0.2, 0.25) is 0 Å². The summed E-state index contributed by atoms with van der Waals surface area (Å²) in [6, 6.07) is 5.84. The molecule has 0 bridgehead atoms. The molecule has 0 fully saturated rings. The van der Waals surface area contributed by atoms with Gasteiger partial charge in [-0.3, -0.25) is 4.79 Å². The maximum absolute atomic E-state index is 11.3. The molecule has 4 nitrogen and oxygen atoms in total. The summed E-state index contributed by atoms with van der Waals surface area (Å²) < 4.78 is 5.17. The summed E-state index contributed by atoms with van der Waals surface area (Å²) in [6.45, 7) is 7.23. The number of likely N-dealkylation sites (N-methyl/N-ethyl adjacent to an activating group) is 1. The van der Waals surface area contributed by atoms with Crippen LogP contribution in [-0.2, 0) is 4.74 Å². The molecular formula is C14H22N2O2. The van der Waals surface area contributed by atoms with E-state index in [1.807, 2.05) is 12.1 Å². The van der Waals surface area contributed by atoms with Crippen LogP contribution in [0.3, 0.4) is 0 Å². The fraction of sp³-hybridized carbons (Fsp3) is 0.500. The number of hydrogen-bond acceptors (Lipinski definition) is 4. The summed E-state index contributed by atoms with van der Waals surface area (Å²) in [4.78, 5) is 13.5. The van der Waals surface area contributed by atoms with Crippen molar-refractivity contribution in [3.8, 4) is 0 Å². The van der Waals surface area contributed by atoms with E-state index in [-0.39, 0.29) is 11.8 Å². The fourth-order valence-electron chi connectivity index (χ4n) is 2.13. The predicted molar refractivity (Wildman–Crippen MR) is 75.2 cm³/mol. The van der Waals surface area contributed by atoms with E-state index >= 15 is 0 Å². The third-order valence-electron chi connectivity index (χ3n) is 3.03. The Kier molecular flexibility index (Phi) is 5.16. The lowest BCUT2D eigenvalue weighted by Gasteiger charge is -2.30. The van der Waals surface area contributed by atoms with Crippen molar-refractivity contribution in [3.05, 3.63) is 23.8 Å². The average molecular weight is 250 g/mol. The van der Waals surface area contributed by atoms with Crippen molar-refractivity contribution >= 4 is 17.2 Å². The third kappa shape index (κ3) is 3.23. The predicted octanol–water partition coefficient (Wildman–Crippen LogP) is 2.33. The van der Waals surface area contributed by atoms with Crippen LogP contribution in [0.1, 0.15) is 31.1 Å². The minimum absolute atomic E-state index is 0.00737. The number of nitrogens with zero attached hydrogens (tertiary/aromatic N) is 1. The first-order valence-corrected chi connectivity index (χ1v) is 6.17. The standard InChI is InChI=1S/C14H22N2O2/c1-5-16(10(2)9-18-4)12-6-7-13(11(3)17)14(15)8-12/h6-8,10H,5,9,15H2,1-4H3. The summed E-state index contributed by atoms with van der Waals surface area (Å²) in [7, 11) is 1.69.